The van der Waals surface area contributed by atoms with Crippen LogP contribution in [0.25, 0.3) is 10.4 Å². The first-order valence-electron chi connectivity index (χ1n) is 18.3. The topological polar surface area (TPSA) is 178 Å². The highest BCUT2D eigenvalue weighted by Gasteiger charge is 2.17. The summed E-state index contributed by atoms with van der Waals surface area (Å²) in [4.78, 5) is 40.1. The molecule has 0 radical (unpaired) electrons. The Morgan fingerprint density at radius 2 is 1.28 bits per heavy atom. The first-order chi connectivity index (χ1) is 25.7. The molecule has 53 heavy (non-hydrogen) atoms. The second-order valence-electron chi connectivity index (χ2n) is 12.8. The van der Waals surface area contributed by atoms with Crippen molar-refractivity contribution in [3.05, 3.63) is 130 Å². The maximum atomic E-state index is 12.7. The molecule has 0 bridgehead atoms. The van der Waals surface area contributed by atoms with Gasteiger partial charge >= 0.3 is 0 Å². The molecule has 3 N–H and O–H groups in total. The van der Waals surface area contributed by atoms with E-state index >= 15 is 0 Å². The lowest BCUT2D eigenvalue weighted by atomic mass is 10.0. The first kappa shape index (κ1) is 42.4. The fourth-order valence-corrected chi connectivity index (χ4v) is 6.51. The number of allylic oxidation sites excluding steroid dienone is 4. The van der Waals surface area contributed by atoms with Gasteiger partial charge in [-0.1, -0.05) is 103 Å². The quantitative estimate of drug-likeness (QED) is 0.0195. The van der Waals surface area contributed by atoms with E-state index in [0.29, 0.717) is 36.1 Å². The molecule has 0 aliphatic heterocycles. The fraction of sp³-hybridized carbons (Fsp3) is 0.390. The van der Waals surface area contributed by atoms with Crippen LogP contribution < -0.4 is 10.0 Å². The molecule has 0 unspecified atom stereocenters. The normalized spacial score (nSPS) is 12.0. The molecule has 0 fully saturated rings. The van der Waals surface area contributed by atoms with Crippen LogP contribution in [-0.2, 0) is 26.0 Å². The molecule has 3 aromatic carbocycles. The summed E-state index contributed by atoms with van der Waals surface area (Å²) in [5.41, 5.74) is 10.5. The highest BCUT2D eigenvalue weighted by atomic mass is 32.2. The molecule has 1 atom stereocenters. The van der Waals surface area contributed by atoms with Gasteiger partial charge in [-0.3, -0.25) is 14.4 Å². The van der Waals surface area contributed by atoms with Gasteiger partial charge in [-0.15, -0.1) is 0 Å². The van der Waals surface area contributed by atoms with Gasteiger partial charge < -0.3 is 10.4 Å². The summed E-state index contributed by atoms with van der Waals surface area (Å²) in [6.45, 7) is 0.135. The fourth-order valence-electron chi connectivity index (χ4n) is 5.50. The van der Waals surface area contributed by atoms with Gasteiger partial charge in [0, 0.05) is 28.1 Å². The van der Waals surface area contributed by atoms with Crippen LogP contribution in [0.2, 0.25) is 0 Å². The summed E-state index contributed by atoms with van der Waals surface area (Å²) < 4.78 is 27.6. The minimum atomic E-state index is -4.04. The van der Waals surface area contributed by atoms with Crippen LogP contribution in [0.1, 0.15) is 105 Å². The largest absolute Gasteiger partial charge is 0.393 e. The van der Waals surface area contributed by atoms with Crippen LogP contribution in [0, 0.1) is 0 Å². The highest BCUT2D eigenvalue weighted by Crippen LogP contribution is 2.16. The summed E-state index contributed by atoms with van der Waals surface area (Å²) in [7, 11) is -4.04. The molecule has 0 saturated heterocycles. The van der Waals surface area contributed by atoms with Crippen molar-refractivity contribution in [2.75, 3.05) is 11.9 Å². The second kappa shape index (κ2) is 24.3. The highest BCUT2D eigenvalue weighted by molar-refractivity contribution is 7.90. The van der Waals surface area contributed by atoms with Crippen LogP contribution in [0.5, 0.6) is 0 Å². The molecular weight excluding hydrogens is 691 g/mol. The molecule has 0 spiro atoms. The van der Waals surface area contributed by atoms with Crippen molar-refractivity contribution in [3.8, 4) is 0 Å². The molecule has 3 rings (SSSR count). The van der Waals surface area contributed by atoms with Crippen molar-refractivity contribution >= 4 is 33.3 Å². The number of hydrogen-bond acceptors (Lipinski definition) is 7. The number of anilines is 1. The van der Waals surface area contributed by atoms with Gasteiger partial charge in [0.1, 0.15) is 0 Å². The monoisotopic (exact) mass is 741 g/mol. The minimum absolute atomic E-state index is 0.0738. The van der Waals surface area contributed by atoms with Gasteiger partial charge in [-0.05, 0) is 93.1 Å². The summed E-state index contributed by atoms with van der Waals surface area (Å²) >= 11 is 0. The molecule has 2 amide bonds. The number of hydrogen-bond donors (Lipinski definition) is 3. The van der Waals surface area contributed by atoms with Crippen molar-refractivity contribution in [1.29, 1.82) is 0 Å². The van der Waals surface area contributed by atoms with Gasteiger partial charge in [-0.2, -0.15) is 0 Å². The maximum absolute atomic E-state index is 12.7. The van der Waals surface area contributed by atoms with Crippen molar-refractivity contribution < 1.29 is 27.9 Å². The molecule has 0 heterocycles. The molecule has 0 saturated carbocycles. The van der Waals surface area contributed by atoms with E-state index < -0.39 is 22.0 Å². The Kier molecular flexibility index (Phi) is 19.4. The minimum Gasteiger partial charge on any atom is -0.393 e. The van der Waals surface area contributed by atoms with Crippen molar-refractivity contribution in [2.45, 2.75) is 101 Å². The molecular formula is C41H51N5O6S. The molecule has 11 nitrogen and oxygen atoms in total. The molecule has 282 valence electrons. The van der Waals surface area contributed by atoms with Gasteiger partial charge in [0.2, 0.25) is 11.8 Å². The Morgan fingerprint density at radius 1 is 0.717 bits per heavy atom. The zero-order valence-electron chi connectivity index (χ0n) is 30.2. The Morgan fingerprint density at radius 3 is 1.91 bits per heavy atom. The number of aliphatic hydroxyl groups excluding tert-OH is 1. The van der Waals surface area contributed by atoms with E-state index in [9.17, 15) is 27.9 Å². The first-order valence-corrected chi connectivity index (χ1v) is 19.8. The Bertz CT molecular complexity index is 1790. The van der Waals surface area contributed by atoms with E-state index in [1.807, 2.05) is 12.1 Å². The third-order valence-electron chi connectivity index (χ3n) is 8.43. The third-order valence-corrected chi connectivity index (χ3v) is 9.82. The summed E-state index contributed by atoms with van der Waals surface area (Å²) in [5.74, 6) is -0.961. The van der Waals surface area contributed by atoms with E-state index in [-0.39, 0.29) is 36.0 Å². The number of amides is 2. The Balaban J connectivity index is 1.23. The van der Waals surface area contributed by atoms with Crippen LogP contribution in [0.15, 0.2) is 113 Å². The lowest BCUT2D eigenvalue weighted by molar-refractivity contribution is -0.119. The SMILES string of the molecule is [N-]=[N+]=NC[C@@H](O)CCC/C=C\CCCCCCC/C=C\CCCC(=O)NS(=O)(=O)c1ccc(NC(=O)Cc2ccc(C(=O)c3ccccc3)cc2)cc1. The van der Waals surface area contributed by atoms with Gasteiger partial charge in [0.05, 0.1) is 24.0 Å². The molecule has 0 aliphatic rings. The number of unbranched alkanes of at least 4 members (excludes halogenated alkanes) is 8. The number of rotatable bonds is 25. The van der Waals surface area contributed by atoms with Gasteiger partial charge in [-0.25, -0.2) is 13.1 Å². The number of carbonyl (C=O) groups excluding carboxylic acids is 3. The average Bonchev–Trinajstić information content (AvgIpc) is 3.15. The standard InChI is InChI=1S/C41H51N5O6S/c42-46-43-32-37(47)21-17-12-10-8-6-4-2-1-3-5-7-9-11-13-18-22-39(48)45-53(51,52)38-29-27-36(28-30-38)44-40(49)31-33-23-25-35(26-24-33)41(50)34-19-15-14-16-20-34/h8-11,14-16,19-20,23-30,37,47H,1-7,12-13,17-18,21-22,31-32H2,(H,44,49)(H,45,48)/b10-8-,11-9-/t37-/m0/s1. The van der Waals surface area contributed by atoms with Crippen LogP contribution in [-0.4, -0.2) is 43.8 Å². The number of sulfonamides is 1. The van der Waals surface area contributed by atoms with Crippen LogP contribution in [0.3, 0.4) is 0 Å². The number of carbonyl (C=O) groups is 3. The van der Waals surface area contributed by atoms with E-state index in [1.54, 1.807) is 48.5 Å². The number of ketones is 1. The van der Waals surface area contributed by atoms with E-state index in [0.717, 1.165) is 44.1 Å². The maximum Gasteiger partial charge on any atom is 0.264 e. The van der Waals surface area contributed by atoms with E-state index in [4.69, 9.17) is 5.53 Å². The van der Waals surface area contributed by atoms with E-state index in [1.165, 1.54) is 43.5 Å². The zero-order chi connectivity index (χ0) is 38.2. The van der Waals surface area contributed by atoms with Crippen molar-refractivity contribution in [3.63, 3.8) is 0 Å². The van der Waals surface area contributed by atoms with Gasteiger partial charge in [0.25, 0.3) is 10.0 Å². The van der Waals surface area contributed by atoms with Crippen molar-refractivity contribution in [1.82, 2.24) is 4.72 Å². The molecule has 3 aromatic rings. The lowest BCUT2D eigenvalue weighted by Crippen LogP contribution is -2.30. The number of aliphatic hydroxyl groups is 1. The zero-order valence-corrected chi connectivity index (χ0v) is 31.1. The number of azide groups is 1. The summed E-state index contributed by atoms with van der Waals surface area (Å²) in [6.07, 6.45) is 19.6. The Hall–Kier alpha value is -5.03. The molecule has 12 heteroatoms. The number of benzene rings is 3. The number of nitrogens with zero attached hydrogens (tertiary/aromatic N) is 3. The predicted molar refractivity (Wildman–Crippen MR) is 209 cm³/mol. The van der Waals surface area contributed by atoms with Crippen LogP contribution >= 0.6 is 0 Å². The van der Waals surface area contributed by atoms with Crippen LogP contribution in [0.4, 0.5) is 5.69 Å². The third kappa shape index (κ3) is 17.4. The smallest absolute Gasteiger partial charge is 0.264 e. The second-order valence-corrected chi connectivity index (χ2v) is 14.5. The average molecular weight is 742 g/mol. The predicted octanol–water partition coefficient (Wildman–Crippen LogP) is 8.76. The molecule has 0 aliphatic carbocycles. The number of nitrogens with one attached hydrogen (secondary N) is 2. The summed E-state index contributed by atoms with van der Waals surface area (Å²) in [5, 5.41) is 15.7. The van der Waals surface area contributed by atoms with E-state index in [2.05, 4.69) is 38.3 Å². The summed E-state index contributed by atoms with van der Waals surface area (Å²) in [6, 6.07) is 21.4. The lowest BCUT2D eigenvalue weighted by Gasteiger charge is -2.09. The molecule has 0 aromatic heterocycles. The Labute approximate surface area is 313 Å². The van der Waals surface area contributed by atoms with Gasteiger partial charge in [0.15, 0.2) is 5.78 Å². The van der Waals surface area contributed by atoms with Crippen molar-refractivity contribution in [2.24, 2.45) is 5.11 Å².